The molecule has 0 radical (unpaired) electrons. The van der Waals surface area contributed by atoms with Gasteiger partial charge in [0.1, 0.15) is 0 Å². The predicted octanol–water partition coefficient (Wildman–Crippen LogP) is 1.64. The van der Waals surface area contributed by atoms with Crippen molar-refractivity contribution in [2.24, 2.45) is 11.7 Å². The molecule has 0 amide bonds. The van der Waals surface area contributed by atoms with Gasteiger partial charge >= 0.3 is 0 Å². The highest BCUT2D eigenvalue weighted by Gasteiger charge is 2.35. The van der Waals surface area contributed by atoms with E-state index in [0.717, 1.165) is 0 Å². The lowest BCUT2D eigenvalue weighted by Crippen LogP contribution is -2.38. The zero-order valence-corrected chi connectivity index (χ0v) is 8.39. The average molecular weight is 205 g/mol. The number of halogens is 2. The monoisotopic (exact) mass is 205 g/mol. The molecule has 1 rings (SSSR count). The van der Waals surface area contributed by atoms with E-state index in [1.54, 1.807) is 11.9 Å². The summed E-state index contributed by atoms with van der Waals surface area (Å²) >= 11 is 0. The molecule has 1 aliphatic rings. The van der Waals surface area contributed by atoms with Gasteiger partial charge in [-0.2, -0.15) is 0 Å². The maximum atomic E-state index is 12.8. The maximum absolute atomic E-state index is 12.8. The van der Waals surface area contributed by atoms with Crippen LogP contribution in [0, 0.1) is 11.3 Å². The maximum Gasteiger partial charge on any atom is 0.248 e. The van der Waals surface area contributed by atoms with Gasteiger partial charge in [0, 0.05) is 26.4 Å². The first-order chi connectivity index (χ1) is 6.41. The summed E-state index contributed by atoms with van der Waals surface area (Å²) < 4.78 is 25.6. The predicted molar refractivity (Wildman–Crippen MR) is 51.4 cm³/mol. The van der Waals surface area contributed by atoms with E-state index >= 15 is 0 Å². The van der Waals surface area contributed by atoms with Crippen LogP contribution in [0.5, 0.6) is 0 Å². The fraction of sp³-hybridized carbons (Fsp3) is 0.889. The number of nitrogens with one attached hydrogen (secondary N) is 1. The van der Waals surface area contributed by atoms with Gasteiger partial charge in [-0.25, -0.2) is 8.78 Å². The van der Waals surface area contributed by atoms with Gasteiger partial charge < -0.3 is 10.6 Å². The van der Waals surface area contributed by atoms with Crippen LogP contribution in [0.1, 0.15) is 25.7 Å². The molecule has 5 heteroatoms. The number of nitrogens with two attached hydrogens (primary N) is 1. The highest BCUT2D eigenvalue weighted by Crippen LogP contribution is 2.36. The zero-order chi connectivity index (χ0) is 10.8. The standard InChI is InChI=1S/C9H17F2N3/c1-14(8(12)13)6-7-2-4-9(10,11)5-3-7/h7H,2-6H2,1H3,(H3,12,13). The van der Waals surface area contributed by atoms with Crippen LogP contribution in [0.4, 0.5) is 8.78 Å². The zero-order valence-electron chi connectivity index (χ0n) is 8.39. The molecular weight excluding hydrogens is 188 g/mol. The van der Waals surface area contributed by atoms with Crippen molar-refractivity contribution >= 4 is 5.96 Å². The molecule has 0 unspecified atom stereocenters. The minimum absolute atomic E-state index is 0.00216. The SMILES string of the molecule is CN(CC1CCC(F)(F)CC1)C(=N)N. The Labute approximate surface area is 82.8 Å². The van der Waals surface area contributed by atoms with Crippen molar-refractivity contribution < 1.29 is 8.78 Å². The summed E-state index contributed by atoms with van der Waals surface area (Å²) in [6.07, 6.45) is 1.02. The van der Waals surface area contributed by atoms with Crippen LogP contribution in [0.25, 0.3) is 0 Å². The highest BCUT2D eigenvalue weighted by molar-refractivity contribution is 5.74. The second-order valence-electron chi connectivity index (χ2n) is 4.07. The van der Waals surface area contributed by atoms with Crippen molar-refractivity contribution in [2.75, 3.05) is 13.6 Å². The van der Waals surface area contributed by atoms with E-state index in [4.69, 9.17) is 11.1 Å². The Hall–Kier alpha value is -0.870. The highest BCUT2D eigenvalue weighted by atomic mass is 19.3. The van der Waals surface area contributed by atoms with Crippen LogP contribution < -0.4 is 5.73 Å². The van der Waals surface area contributed by atoms with Crippen LogP contribution in [0.15, 0.2) is 0 Å². The quantitative estimate of drug-likeness (QED) is 0.532. The van der Waals surface area contributed by atoms with E-state index in [-0.39, 0.29) is 24.7 Å². The van der Waals surface area contributed by atoms with Gasteiger partial charge in [-0.3, -0.25) is 5.41 Å². The van der Waals surface area contributed by atoms with E-state index in [2.05, 4.69) is 0 Å². The van der Waals surface area contributed by atoms with Crippen molar-refractivity contribution in [1.29, 1.82) is 5.41 Å². The lowest BCUT2D eigenvalue weighted by atomic mass is 9.86. The fourth-order valence-corrected chi connectivity index (χ4v) is 1.77. The molecule has 0 aromatic rings. The van der Waals surface area contributed by atoms with Crippen LogP contribution in [-0.4, -0.2) is 30.4 Å². The number of guanidine groups is 1. The normalized spacial score (nSPS) is 21.9. The number of alkyl halides is 2. The molecule has 0 heterocycles. The van der Waals surface area contributed by atoms with E-state index in [9.17, 15) is 8.78 Å². The number of hydrogen-bond donors (Lipinski definition) is 2. The molecule has 0 spiro atoms. The first-order valence-electron chi connectivity index (χ1n) is 4.84. The third-order valence-electron chi connectivity index (χ3n) is 2.78. The molecule has 1 aliphatic carbocycles. The average Bonchev–Trinajstić information content (AvgIpc) is 2.08. The van der Waals surface area contributed by atoms with Crippen molar-refractivity contribution in [3.8, 4) is 0 Å². The Kier molecular flexibility index (Phi) is 3.29. The molecule has 0 atom stereocenters. The van der Waals surface area contributed by atoms with Crippen molar-refractivity contribution in [3.05, 3.63) is 0 Å². The summed E-state index contributed by atoms with van der Waals surface area (Å²) in [6.45, 7) is 0.616. The smallest absolute Gasteiger partial charge is 0.248 e. The lowest BCUT2D eigenvalue weighted by Gasteiger charge is -2.31. The van der Waals surface area contributed by atoms with E-state index < -0.39 is 5.92 Å². The van der Waals surface area contributed by atoms with Gasteiger partial charge in [-0.05, 0) is 18.8 Å². The molecule has 0 saturated heterocycles. The summed E-state index contributed by atoms with van der Waals surface area (Å²) in [5.74, 6) is -2.21. The van der Waals surface area contributed by atoms with Crippen molar-refractivity contribution in [2.45, 2.75) is 31.6 Å². The molecule has 1 saturated carbocycles. The Morgan fingerprint density at radius 3 is 2.43 bits per heavy atom. The van der Waals surface area contributed by atoms with Crippen LogP contribution in [0.2, 0.25) is 0 Å². The summed E-state index contributed by atoms with van der Waals surface area (Å²) in [5.41, 5.74) is 5.27. The summed E-state index contributed by atoms with van der Waals surface area (Å²) in [4.78, 5) is 1.61. The lowest BCUT2D eigenvalue weighted by molar-refractivity contribution is -0.0469. The number of rotatable bonds is 2. The fourth-order valence-electron chi connectivity index (χ4n) is 1.77. The van der Waals surface area contributed by atoms with Gasteiger partial charge in [-0.15, -0.1) is 0 Å². The van der Waals surface area contributed by atoms with Gasteiger partial charge in [0.15, 0.2) is 5.96 Å². The minimum atomic E-state index is -2.47. The molecule has 14 heavy (non-hydrogen) atoms. The van der Waals surface area contributed by atoms with Gasteiger partial charge in [0.05, 0.1) is 0 Å². The van der Waals surface area contributed by atoms with Crippen LogP contribution in [0.3, 0.4) is 0 Å². The van der Waals surface area contributed by atoms with E-state index in [0.29, 0.717) is 19.4 Å². The molecule has 82 valence electrons. The van der Waals surface area contributed by atoms with Crippen LogP contribution >= 0.6 is 0 Å². The molecule has 1 fully saturated rings. The van der Waals surface area contributed by atoms with E-state index in [1.807, 2.05) is 0 Å². The molecular formula is C9H17F2N3. The largest absolute Gasteiger partial charge is 0.370 e. The molecule has 0 bridgehead atoms. The van der Waals surface area contributed by atoms with Crippen molar-refractivity contribution in [1.82, 2.24) is 4.90 Å². The molecule has 3 N–H and O–H groups in total. The Morgan fingerprint density at radius 2 is 2.00 bits per heavy atom. The Balaban J connectivity index is 2.32. The van der Waals surface area contributed by atoms with E-state index in [1.165, 1.54) is 0 Å². The first kappa shape index (κ1) is 11.2. The van der Waals surface area contributed by atoms with Gasteiger partial charge in [-0.1, -0.05) is 0 Å². The number of hydrogen-bond acceptors (Lipinski definition) is 1. The summed E-state index contributed by atoms with van der Waals surface area (Å²) in [5, 5.41) is 7.15. The molecule has 0 aromatic carbocycles. The van der Waals surface area contributed by atoms with Crippen molar-refractivity contribution in [3.63, 3.8) is 0 Å². The third-order valence-corrected chi connectivity index (χ3v) is 2.78. The van der Waals surface area contributed by atoms with Crippen LogP contribution in [-0.2, 0) is 0 Å². The number of nitrogens with zero attached hydrogens (tertiary/aromatic N) is 1. The Morgan fingerprint density at radius 1 is 1.50 bits per heavy atom. The Bertz CT molecular complexity index is 208. The molecule has 0 aliphatic heterocycles. The first-order valence-corrected chi connectivity index (χ1v) is 4.84. The summed E-state index contributed by atoms with van der Waals surface area (Å²) in [6, 6.07) is 0. The second-order valence-corrected chi connectivity index (χ2v) is 4.07. The van der Waals surface area contributed by atoms with Gasteiger partial charge in [0.2, 0.25) is 5.92 Å². The second kappa shape index (κ2) is 4.11. The topological polar surface area (TPSA) is 53.1 Å². The third kappa shape index (κ3) is 3.12. The molecule has 3 nitrogen and oxygen atoms in total. The minimum Gasteiger partial charge on any atom is -0.370 e. The molecule has 0 aromatic heterocycles. The van der Waals surface area contributed by atoms with Gasteiger partial charge in [0.25, 0.3) is 0 Å². The summed E-state index contributed by atoms with van der Waals surface area (Å²) in [7, 11) is 1.72.